The first-order valence-corrected chi connectivity index (χ1v) is 9.31. The van der Waals surface area contributed by atoms with E-state index in [1.807, 2.05) is 24.3 Å². The molecule has 136 valence electrons. The fourth-order valence-electron chi connectivity index (χ4n) is 3.80. The molecule has 1 N–H and O–H groups in total. The number of carboxylic acids is 1. The van der Waals surface area contributed by atoms with Gasteiger partial charge in [-0.2, -0.15) is 0 Å². The molecule has 1 heterocycles. The van der Waals surface area contributed by atoms with E-state index in [1.54, 1.807) is 0 Å². The van der Waals surface area contributed by atoms with Crippen LogP contribution in [0.15, 0.2) is 48.5 Å². The summed E-state index contributed by atoms with van der Waals surface area (Å²) >= 11 is 0. The third-order valence-corrected chi connectivity index (χ3v) is 5.27. The van der Waals surface area contributed by atoms with Gasteiger partial charge < -0.3 is 5.11 Å². The van der Waals surface area contributed by atoms with E-state index in [4.69, 9.17) is 4.98 Å². The molecule has 0 aliphatic heterocycles. The van der Waals surface area contributed by atoms with Crippen LogP contribution in [0.25, 0.3) is 22.6 Å². The fraction of sp³-hybridized carbons (Fsp3) is 0.250. The summed E-state index contributed by atoms with van der Waals surface area (Å²) in [7, 11) is 0. The number of para-hydroxylation sites is 1. The maximum atomic E-state index is 11.9. The number of fused-ring (bicyclic) bond motifs is 2. The number of hydrogen-bond acceptors (Lipinski definition) is 2. The van der Waals surface area contributed by atoms with E-state index >= 15 is 0 Å². The van der Waals surface area contributed by atoms with Crippen molar-refractivity contribution in [3.8, 4) is 0 Å². The first kappa shape index (κ1) is 17.5. The van der Waals surface area contributed by atoms with Gasteiger partial charge in [0.25, 0.3) is 0 Å². The number of allylic oxidation sites excluding steroid dienone is 1. The van der Waals surface area contributed by atoms with Crippen molar-refractivity contribution in [2.45, 2.75) is 39.0 Å². The van der Waals surface area contributed by atoms with Crippen LogP contribution in [0.4, 0.5) is 0 Å². The Hall–Kier alpha value is -2.94. The summed E-state index contributed by atoms with van der Waals surface area (Å²) in [6.45, 7) is 6.61. The highest BCUT2D eigenvalue weighted by atomic mass is 16.4. The van der Waals surface area contributed by atoms with Crippen LogP contribution in [-0.2, 0) is 11.8 Å². The number of rotatable bonds is 2. The van der Waals surface area contributed by atoms with E-state index in [9.17, 15) is 9.90 Å². The zero-order valence-corrected chi connectivity index (χ0v) is 15.9. The quantitative estimate of drug-likeness (QED) is 0.638. The molecule has 1 aliphatic carbocycles. The van der Waals surface area contributed by atoms with Crippen LogP contribution in [-0.4, -0.2) is 16.1 Å². The molecule has 1 aromatic heterocycles. The van der Waals surface area contributed by atoms with E-state index in [2.05, 4.69) is 51.1 Å². The molecule has 0 saturated carbocycles. The number of hydrogen-bond donors (Lipinski definition) is 1. The molecule has 0 unspecified atom stereocenters. The Balaban J connectivity index is 1.82. The van der Waals surface area contributed by atoms with Crippen molar-refractivity contribution in [3.05, 3.63) is 76.5 Å². The van der Waals surface area contributed by atoms with Gasteiger partial charge in [-0.25, -0.2) is 9.78 Å². The number of aromatic carboxylic acids is 1. The first-order valence-electron chi connectivity index (χ1n) is 9.31. The summed E-state index contributed by atoms with van der Waals surface area (Å²) in [4.78, 5) is 16.7. The third-order valence-electron chi connectivity index (χ3n) is 5.27. The van der Waals surface area contributed by atoms with Crippen molar-refractivity contribution >= 4 is 28.5 Å². The molecule has 0 bridgehead atoms. The average Bonchev–Trinajstić information content (AvgIpc) is 3.01. The average molecular weight is 357 g/mol. The van der Waals surface area contributed by atoms with Gasteiger partial charge in [0.2, 0.25) is 0 Å². The van der Waals surface area contributed by atoms with Crippen LogP contribution < -0.4 is 0 Å². The second kappa shape index (κ2) is 6.34. The number of nitrogens with zero attached hydrogens (tertiary/aromatic N) is 1. The molecule has 0 radical (unpaired) electrons. The lowest BCUT2D eigenvalue weighted by molar-refractivity contribution is 0.0698. The molecule has 2 aromatic carbocycles. The molecule has 3 heteroatoms. The molecular formula is C24H23NO2. The van der Waals surface area contributed by atoms with Crippen molar-refractivity contribution in [1.29, 1.82) is 0 Å². The van der Waals surface area contributed by atoms with Crippen molar-refractivity contribution in [3.63, 3.8) is 0 Å². The Labute approximate surface area is 159 Å². The van der Waals surface area contributed by atoms with E-state index < -0.39 is 5.97 Å². The minimum Gasteiger partial charge on any atom is -0.478 e. The Bertz CT molecular complexity index is 1070. The van der Waals surface area contributed by atoms with Gasteiger partial charge in [-0.3, -0.25) is 0 Å². The zero-order chi connectivity index (χ0) is 19.2. The molecule has 0 fully saturated rings. The third kappa shape index (κ3) is 3.14. The van der Waals surface area contributed by atoms with Crippen LogP contribution in [0, 0.1) is 0 Å². The van der Waals surface area contributed by atoms with Gasteiger partial charge in [-0.15, -0.1) is 0 Å². The Kier molecular flexibility index (Phi) is 4.11. The lowest BCUT2D eigenvalue weighted by Crippen LogP contribution is -2.10. The number of pyridine rings is 1. The number of carboxylic acid groups (broad SMARTS) is 1. The molecule has 27 heavy (non-hydrogen) atoms. The summed E-state index contributed by atoms with van der Waals surface area (Å²) in [6, 6.07) is 16.1. The second-order valence-corrected chi connectivity index (χ2v) is 8.18. The maximum Gasteiger partial charge on any atom is 0.336 e. The van der Waals surface area contributed by atoms with E-state index in [0.717, 1.165) is 46.1 Å². The van der Waals surface area contributed by atoms with Crippen LogP contribution >= 0.6 is 0 Å². The molecule has 3 nitrogen and oxygen atoms in total. The summed E-state index contributed by atoms with van der Waals surface area (Å²) in [5.41, 5.74) is 6.51. The van der Waals surface area contributed by atoms with Gasteiger partial charge in [-0.05, 0) is 52.7 Å². The first-order chi connectivity index (χ1) is 12.8. The van der Waals surface area contributed by atoms with Crippen molar-refractivity contribution in [2.75, 3.05) is 0 Å². The van der Waals surface area contributed by atoms with Gasteiger partial charge in [0, 0.05) is 5.39 Å². The highest BCUT2D eigenvalue weighted by Gasteiger charge is 2.26. The summed E-state index contributed by atoms with van der Waals surface area (Å²) in [5.74, 6) is -0.874. The molecule has 0 atom stereocenters. The molecule has 1 aliphatic rings. The Morgan fingerprint density at radius 1 is 1.04 bits per heavy atom. The van der Waals surface area contributed by atoms with Crippen LogP contribution in [0.5, 0.6) is 0 Å². The van der Waals surface area contributed by atoms with Crippen LogP contribution in [0.2, 0.25) is 0 Å². The summed E-state index contributed by atoms with van der Waals surface area (Å²) < 4.78 is 0. The SMILES string of the molecule is CC(C)(C)c1ccc(C=C2CCc3c2nc2ccccc2c3C(=O)O)cc1. The minimum atomic E-state index is -0.874. The predicted molar refractivity (Wildman–Crippen MR) is 110 cm³/mol. The van der Waals surface area contributed by atoms with E-state index in [0.29, 0.717) is 5.56 Å². The Morgan fingerprint density at radius 2 is 1.74 bits per heavy atom. The van der Waals surface area contributed by atoms with E-state index in [-0.39, 0.29) is 5.41 Å². The lowest BCUT2D eigenvalue weighted by atomic mass is 9.86. The van der Waals surface area contributed by atoms with E-state index in [1.165, 1.54) is 5.56 Å². The van der Waals surface area contributed by atoms with Gasteiger partial charge >= 0.3 is 5.97 Å². The van der Waals surface area contributed by atoms with Gasteiger partial charge in [0.05, 0.1) is 16.8 Å². The zero-order valence-electron chi connectivity index (χ0n) is 15.9. The molecular weight excluding hydrogens is 334 g/mol. The minimum absolute atomic E-state index is 0.127. The maximum absolute atomic E-state index is 11.9. The van der Waals surface area contributed by atoms with Crippen LogP contribution in [0.1, 0.15) is 59.9 Å². The van der Waals surface area contributed by atoms with Gasteiger partial charge in [0.15, 0.2) is 0 Å². The molecule has 0 amide bonds. The predicted octanol–water partition coefficient (Wildman–Crippen LogP) is 5.72. The topological polar surface area (TPSA) is 50.2 Å². The Morgan fingerprint density at radius 3 is 2.41 bits per heavy atom. The fourth-order valence-corrected chi connectivity index (χ4v) is 3.80. The normalized spacial score (nSPS) is 15.3. The van der Waals surface area contributed by atoms with Gasteiger partial charge in [-0.1, -0.05) is 63.2 Å². The number of benzene rings is 2. The summed E-state index contributed by atoms with van der Waals surface area (Å²) in [5, 5.41) is 10.5. The van der Waals surface area contributed by atoms with Crippen molar-refractivity contribution in [2.24, 2.45) is 0 Å². The number of aromatic nitrogens is 1. The van der Waals surface area contributed by atoms with Crippen molar-refractivity contribution in [1.82, 2.24) is 4.98 Å². The lowest BCUT2D eigenvalue weighted by Gasteiger charge is -2.18. The second-order valence-electron chi connectivity index (χ2n) is 8.18. The highest BCUT2D eigenvalue weighted by molar-refractivity contribution is 6.06. The number of carbonyl (C=O) groups is 1. The van der Waals surface area contributed by atoms with Crippen molar-refractivity contribution < 1.29 is 9.90 Å². The summed E-state index contributed by atoms with van der Waals surface area (Å²) in [6.07, 6.45) is 3.69. The molecule has 0 spiro atoms. The largest absolute Gasteiger partial charge is 0.478 e. The highest BCUT2D eigenvalue weighted by Crippen LogP contribution is 2.37. The monoisotopic (exact) mass is 357 g/mol. The standard InChI is InChI=1S/C24H23NO2/c1-24(2,3)17-11-8-15(9-12-17)14-16-10-13-19-21(23(26)27)18-6-4-5-7-20(18)25-22(16)19/h4-9,11-12,14H,10,13H2,1-3H3,(H,26,27). The smallest absolute Gasteiger partial charge is 0.336 e. The van der Waals surface area contributed by atoms with Gasteiger partial charge in [0.1, 0.15) is 0 Å². The molecule has 0 saturated heterocycles. The van der Waals surface area contributed by atoms with Crippen LogP contribution in [0.3, 0.4) is 0 Å². The molecule has 4 rings (SSSR count). The molecule has 3 aromatic rings.